The smallest absolute Gasteiger partial charge is 0.264 e. The average Bonchev–Trinajstić information content (AvgIpc) is 2.54. The first-order valence-corrected chi connectivity index (χ1v) is 8.80. The highest BCUT2D eigenvalue weighted by Gasteiger charge is 2.10. The van der Waals surface area contributed by atoms with E-state index in [4.69, 9.17) is 12.2 Å². The lowest BCUT2D eigenvalue weighted by Crippen LogP contribution is -2.21. The predicted molar refractivity (Wildman–Crippen MR) is 97.0 cm³/mol. The van der Waals surface area contributed by atoms with Gasteiger partial charge >= 0.3 is 0 Å². The number of nitrogens with one attached hydrogen (secondary N) is 2. The molecule has 0 spiro atoms. The lowest BCUT2D eigenvalue weighted by atomic mass is 10.1. The fourth-order valence-corrected chi connectivity index (χ4v) is 2.42. The number of H-pyrrole nitrogens is 1. The van der Waals surface area contributed by atoms with E-state index >= 15 is 0 Å². The number of carbonyl (C=O) groups excluding carboxylic acids is 1. The van der Waals surface area contributed by atoms with Crippen LogP contribution >= 0.6 is 12.2 Å². The summed E-state index contributed by atoms with van der Waals surface area (Å²) in [6.45, 7) is 4.63. The molecule has 0 radical (unpaired) electrons. The zero-order chi connectivity index (χ0) is 17.9. The summed E-state index contributed by atoms with van der Waals surface area (Å²) in [7, 11) is 0. The average molecular weight is 354 g/mol. The van der Waals surface area contributed by atoms with Crippen LogP contribution in [0.1, 0.15) is 64.4 Å². The van der Waals surface area contributed by atoms with Crippen molar-refractivity contribution in [3.8, 4) is 5.88 Å². The molecule has 0 saturated heterocycles. The highest BCUT2D eigenvalue weighted by Crippen LogP contribution is 2.12. The van der Waals surface area contributed by atoms with Gasteiger partial charge in [0.05, 0.1) is 6.21 Å². The largest absolute Gasteiger partial charge is 0.494 e. The molecule has 0 aliphatic carbocycles. The maximum absolute atomic E-state index is 11.9. The zero-order valence-electron chi connectivity index (χ0n) is 14.3. The number of carbonyl (C=O) groups is 1. The first kappa shape index (κ1) is 20.1. The van der Waals surface area contributed by atoms with E-state index in [2.05, 4.69) is 22.4 Å². The Morgan fingerprint density at radius 3 is 2.67 bits per heavy atom. The number of aromatic amines is 1. The van der Waals surface area contributed by atoms with Gasteiger partial charge in [-0.3, -0.25) is 19.1 Å². The number of hydrogen-bond donors (Lipinski definition) is 3. The van der Waals surface area contributed by atoms with Crippen LogP contribution in [0.5, 0.6) is 5.88 Å². The molecule has 0 unspecified atom stereocenters. The van der Waals surface area contributed by atoms with Crippen molar-refractivity contribution < 1.29 is 9.90 Å². The van der Waals surface area contributed by atoms with Gasteiger partial charge in [0, 0.05) is 13.0 Å². The molecule has 7 nitrogen and oxygen atoms in total. The van der Waals surface area contributed by atoms with E-state index in [9.17, 15) is 14.7 Å². The van der Waals surface area contributed by atoms with Crippen molar-refractivity contribution in [3.63, 3.8) is 0 Å². The number of aromatic nitrogens is 2. The molecule has 3 N–H and O–H groups in total. The molecule has 134 valence electrons. The zero-order valence-corrected chi connectivity index (χ0v) is 15.1. The molecule has 1 heterocycles. The summed E-state index contributed by atoms with van der Waals surface area (Å²) in [4.78, 5) is 26.0. The van der Waals surface area contributed by atoms with E-state index in [1.54, 1.807) is 0 Å². The molecule has 1 amide bonds. The summed E-state index contributed by atoms with van der Waals surface area (Å²) < 4.78 is 1.62. The van der Waals surface area contributed by atoms with Crippen molar-refractivity contribution in [2.24, 2.45) is 5.10 Å². The molecule has 0 fully saturated rings. The monoisotopic (exact) mass is 354 g/mol. The number of hydrogen-bond acceptors (Lipinski definition) is 5. The maximum Gasteiger partial charge on any atom is 0.264 e. The highest BCUT2D eigenvalue weighted by atomic mass is 32.1. The van der Waals surface area contributed by atoms with Crippen LogP contribution in [0.15, 0.2) is 9.90 Å². The SMILES string of the molecule is CCCCCCC(=O)N/N=C\c1c(O)n(CCCC)c(=S)[nH]c1=O. The van der Waals surface area contributed by atoms with E-state index in [0.717, 1.165) is 44.7 Å². The molecular weight excluding hydrogens is 328 g/mol. The second-order valence-electron chi connectivity index (χ2n) is 5.61. The van der Waals surface area contributed by atoms with E-state index < -0.39 is 5.56 Å². The Morgan fingerprint density at radius 1 is 1.29 bits per heavy atom. The summed E-state index contributed by atoms with van der Waals surface area (Å²) in [6.07, 6.45) is 7.31. The normalized spacial score (nSPS) is 11.1. The molecule has 0 aliphatic heterocycles. The van der Waals surface area contributed by atoms with Crippen molar-refractivity contribution in [2.75, 3.05) is 0 Å². The molecule has 0 atom stereocenters. The van der Waals surface area contributed by atoms with Crippen molar-refractivity contribution in [1.82, 2.24) is 15.0 Å². The standard InChI is InChI=1S/C16H26N4O3S/c1-3-5-7-8-9-13(21)19-17-11-12-14(22)18-16(24)20(15(12)23)10-6-4-2/h11,23H,3-10H2,1-2H3,(H,19,21)(H,18,22,24)/b17-11-. The molecule has 0 aliphatic rings. The number of amides is 1. The Morgan fingerprint density at radius 2 is 2.00 bits per heavy atom. The molecular formula is C16H26N4O3S. The van der Waals surface area contributed by atoms with Crippen LogP contribution in [0.2, 0.25) is 0 Å². The van der Waals surface area contributed by atoms with Crippen LogP contribution in [0.3, 0.4) is 0 Å². The van der Waals surface area contributed by atoms with Crippen molar-refractivity contribution in [3.05, 3.63) is 20.7 Å². The summed E-state index contributed by atoms with van der Waals surface area (Å²) in [5.41, 5.74) is 1.81. The number of hydrazone groups is 1. The molecule has 8 heteroatoms. The first-order chi connectivity index (χ1) is 11.5. The lowest BCUT2D eigenvalue weighted by Gasteiger charge is -2.10. The Kier molecular flexibility index (Phi) is 8.99. The Bertz CT molecular complexity index is 679. The Balaban J connectivity index is 2.74. The van der Waals surface area contributed by atoms with Gasteiger partial charge in [-0.05, 0) is 25.1 Å². The summed E-state index contributed by atoms with van der Waals surface area (Å²) in [5.74, 6) is -0.449. The van der Waals surface area contributed by atoms with Crippen LogP contribution in [0, 0.1) is 4.77 Å². The van der Waals surface area contributed by atoms with Gasteiger partial charge < -0.3 is 5.11 Å². The van der Waals surface area contributed by atoms with Gasteiger partial charge in [-0.1, -0.05) is 39.5 Å². The number of unbranched alkanes of at least 4 members (excludes halogenated alkanes) is 4. The fourth-order valence-electron chi connectivity index (χ4n) is 2.15. The molecule has 1 aromatic heterocycles. The van der Waals surface area contributed by atoms with Gasteiger partial charge in [-0.15, -0.1) is 0 Å². The molecule has 1 rings (SSSR count). The van der Waals surface area contributed by atoms with Gasteiger partial charge in [-0.25, -0.2) is 5.43 Å². The Labute approximate surface area is 146 Å². The summed E-state index contributed by atoms with van der Waals surface area (Å²) >= 11 is 5.06. The minimum atomic E-state index is -0.536. The molecule has 0 saturated carbocycles. The third-order valence-corrected chi connectivity index (χ3v) is 3.90. The Hall–Kier alpha value is -1.96. The number of rotatable bonds is 10. The lowest BCUT2D eigenvalue weighted by molar-refractivity contribution is -0.121. The molecule has 0 bridgehead atoms. The topological polar surface area (TPSA) is 99.5 Å². The predicted octanol–water partition coefficient (Wildman–Crippen LogP) is 2.83. The first-order valence-electron chi connectivity index (χ1n) is 8.39. The molecule has 1 aromatic rings. The van der Waals surface area contributed by atoms with Crippen LogP contribution in [0.4, 0.5) is 0 Å². The van der Waals surface area contributed by atoms with Crippen LogP contribution in [-0.2, 0) is 11.3 Å². The second kappa shape index (κ2) is 10.7. The minimum Gasteiger partial charge on any atom is -0.494 e. The summed E-state index contributed by atoms with van der Waals surface area (Å²) in [5, 5.41) is 14.0. The third kappa shape index (κ3) is 6.27. The van der Waals surface area contributed by atoms with Gasteiger partial charge in [0.1, 0.15) is 5.56 Å². The van der Waals surface area contributed by atoms with Crippen molar-refractivity contribution in [2.45, 2.75) is 65.3 Å². The van der Waals surface area contributed by atoms with Crippen LogP contribution in [0.25, 0.3) is 0 Å². The van der Waals surface area contributed by atoms with Crippen LogP contribution in [-0.4, -0.2) is 26.8 Å². The second-order valence-corrected chi connectivity index (χ2v) is 5.99. The van der Waals surface area contributed by atoms with E-state index in [-0.39, 0.29) is 22.1 Å². The maximum atomic E-state index is 11.9. The fraction of sp³-hybridized carbons (Fsp3) is 0.625. The van der Waals surface area contributed by atoms with Gasteiger partial charge in [0.2, 0.25) is 11.8 Å². The third-order valence-electron chi connectivity index (χ3n) is 3.58. The van der Waals surface area contributed by atoms with Crippen LogP contribution < -0.4 is 11.0 Å². The highest BCUT2D eigenvalue weighted by molar-refractivity contribution is 7.71. The molecule has 0 aromatic carbocycles. The number of nitrogens with zero attached hydrogens (tertiary/aromatic N) is 2. The van der Waals surface area contributed by atoms with E-state index in [1.807, 2.05) is 6.92 Å². The van der Waals surface area contributed by atoms with Gasteiger partial charge in [0.25, 0.3) is 5.56 Å². The van der Waals surface area contributed by atoms with Crippen molar-refractivity contribution >= 4 is 24.3 Å². The van der Waals surface area contributed by atoms with Gasteiger partial charge in [-0.2, -0.15) is 5.10 Å². The molecule has 24 heavy (non-hydrogen) atoms. The van der Waals surface area contributed by atoms with Gasteiger partial charge in [0.15, 0.2) is 4.77 Å². The van der Waals surface area contributed by atoms with E-state index in [0.29, 0.717) is 13.0 Å². The van der Waals surface area contributed by atoms with E-state index in [1.165, 1.54) is 4.57 Å². The minimum absolute atomic E-state index is 0.0222. The number of aromatic hydroxyl groups is 1. The van der Waals surface area contributed by atoms with Crippen molar-refractivity contribution in [1.29, 1.82) is 0 Å². The quantitative estimate of drug-likeness (QED) is 0.260. The summed E-state index contributed by atoms with van der Waals surface area (Å²) in [6, 6.07) is 0.